The Bertz CT molecular complexity index is 1780. The molecular formula is C49H56O6P2. The van der Waals surface area contributed by atoms with E-state index in [1.54, 1.807) is 42.7 Å². The third-order valence-corrected chi connectivity index (χ3v) is 22.6. The van der Waals surface area contributed by atoms with Crippen molar-refractivity contribution in [2.45, 2.75) is 19.3 Å². The average molecular weight is 803 g/mol. The number of rotatable bonds is 16. The molecule has 6 aromatic rings. The summed E-state index contributed by atoms with van der Waals surface area (Å²) in [7, 11) is 5.20. The van der Waals surface area contributed by atoms with Crippen molar-refractivity contribution in [3.05, 3.63) is 146 Å². The molecule has 0 N–H and O–H groups in total. The summed E-state index contributed by atoms with van der Waals surface area (Å²) < 4.78 is 34.0. The fourth-order valence-electron chi connectivity index (χ4n) is 9.38. The Hall–Kier alpha value is -5.02. The standard InChI is InChI=1S/C49H56O6P2/c1-50-38-9-21-44(22-10-38)56(45-23-11-39(51-2)12-24-45,46-25-13-40(52-3)14-26-46)34-36-7-8-37(33-36)35-57(47-27-15-41(53-4)16-28-47,48-29-17-42(54-5)18-30-48)49-31-19-43(55-6)20-32-49/h9-32,36-37,56-57H,7-8,33-35H2,1-6H3. The molecule has 2 unspecified atom stereocenters. The molecule has 8 heteroatoms. The summed E-state index contributed by atoms with van der Waals surface area (Å²) in [5, 5.41) is 8.25. The van der Waals surface area contributed by atoms with Gasteiger partial charge in [0, 0.05) is 0 Å². The normalized spacial score (nSPS) is 16.0. The molecule has 1 fully saturated rings. The van der Waals surface area contributed by atoms with Crippen LogP contribution in [0.25, 0.3) is 0 Å². The van der Waals surface area contributed by atoms with Gasteiger partial charge in [-0.2, -0.15) is 0 Å². The summed E-state index contributed by atoms with van der Waals surface area (Å²) in [4.78, 5) is 0. The van der Waals surface area contributed by atoms with Crippen molar-refractivity contribution in [3.63, 3.8) is 0 Å². The number of ether oxygens (including phenoxy) is 6. The first-order chi connectivity index (χ1) is 27.9. The third-order valence-electron chi connectivity index (χ3n) is 12.3. The summed E-state index contributed by atoms with van der Waals surface area (Å²) >= 11 is 0. The maximum absolute atomic E-state index is 5.66. The van der Waals surface area contributed by atoms with E-state index in [0.29, 0.717) is 11.8 Å². The number of benzene rings is 6. The molecule has 1 saturated carbocycles. The molecule has 2 atom stereocenters. The second-order valence-electron chi connectivity index (χ2n) is 15.1. The van der Waals surface area contributed by atoms with E-state index in [1.165, 1.54) is 44.7 Å². The van der Waals surface area contributed by atoms with Crippen LogP contribution in [0.2, 0.25) is 0 Å². The molecule has 6 aromatic carbocycles. The monoisotopic (exact) mass is 802 g/mol. The van der Waals surface area contributed by atoms with E-state index in [0.717, 1.165) is 53.2 Å². The molecule has 0 heterocycles. The van der Waals surface area contributed by atoms with Crippen LogP contribution in [0.4, 0.5) is 0 Å². The van der Waals surface area contributed by atoms with Gasteiger partial charge >= 0.3 is 341 Å². The maximum atomic E-state index is 5.66. The van der Waals surface area contributed by atoms with Crippen LogP contribution in [0.15, 0.2) is 146 Å². The molecule has 0 aliphatic heterocycles. The molecule has 0 aromatic heterocycles. The Balaban J connectivity index is 1.32. The van der Waals surface area contributed by atoms with Gasteiger partial charge in [0.25, 0.3) is 0 Å². The van der Waals surface area contributed by atoms with E-state index in [4.69, 9.17) is 28.4 Å². The quantitative estimate of drug-likeness (QED) is 0.0929. The van der Waals surface area contributed by atoms with Crippen molar-refractivity contribution in [2.75, 3.05) is 55.0 Å². The van der Waals surface area contributed by atoms with Crippen molar-refractivity contribution in [1.82, 2.24) is 0 Å². The first-order valence-corrected chi connectivity index (χ1v) is 24.2. The summed E-state index contributed by atoms with van der Waals surface area (Å²) in [6.07, 6.45) is 5.71. The van der Waals surface area contributed by atoms with Crippen molar-refractivity contribution in [1.29, 1.82) is 0 Å². The molecule has 1 aliphatic carbocycles. The zero-order chi connectivity index (χ0) is 39.8. The van der Waals surface area contributed by atoms with Gasteiger partial charge in [0.2, 0.25) is 0 Å². The molecule has 7 rings (SSSR count). The first kappa shape index (κ1) is 40.2. The Kier molecular flexibility index (Phi) is 12.7. The van der Waals surface area contributed by atoms with Crippen molar-refractivity contribution < 1.29 is 28.4 Å². The minimum atomic E-state index is -2.60. The molecule has 0 bridgehead atoms. The molecule has 57 heavy (non-hydrogen) atoms. The Morgan fingerprint density at radius 2 is 0.491 bits per heavy atom. The third kappa shape index (κ3) is 8.22. The van der Waals surface area contributed by atoms with Crippen LogP contribution in [-0.2, 0) is 0 Å². The minimum absolute atomic E-state index is 0.530. The van der Waals surface area contributed by atoms with Crippen molar-refractivity contribution in [2.24, 2.45) is 11.8 Å². The van der Waals surface area contributed by atoms with E-state index in [9.17, 15) is 0 Å². The molecule has 298 valence electrons. The first-order valence-electron chi connectivity index (χ1n) is 19.8. The summed E-state index contributed by atoms with van der Waals surface area (Å²) in [5.41, 5.74) is 0. The van der Waals surface area contributed by atoms with E-state index in [1.807, 2.05) is 0 Å². The van der Waals surface area contributed by atoms with Gasteiger partial charge in [-0.05, 0) is 0 Å². The second-order valence-corrected chi connectivity index (χ2v) is 23.0. The van der Waals surface area contributed by atoms with E-state index >= 15 is 0 Å². The Morgan fingerprint density at radius 1 is 0.316 bits per heavy atom. The molecule has 0 saturated heterocycles. The van der Waals surface area contributed by atoms with Gasteiger partial charge in [0.05, 0.1) is 0 Å². The SMILES string of the molecule is COc1ccc([PH](CC2CCC(C[PH](c3ccc(OC)cc3)(c3ccc(OC)cc3)c3ccc(OC)cc3)C2)(c2ccc(OC)cc2)c2ccc(OC)cc2)cc1. The van der Waals surface area contributed by atoms with Gasteiger partial charge in [0.1, 0.15) is 0 Å². The van der Waals surface area contributed by atoms with Gasteiger partial charge < -0.3 is 0 Å². The van der Waals surface area contributed by atoms with E-state index < -0.39 is 14.5 Å². The summed E-state index contributed by atoms with van der Waals surface area (Å²) in [5.74, 6) is 6.25. The topological polar surface area (TPSA) is 55.4 Å². The molecule has 0 radical (unpaired) electrons. The molecule has 0 spiro atoms. The van der Waals surface area contributed by atoms with E-state index in [2.05, 4.69) is 146 Å². The van der Waals surface area contributed by atoms with Crippen LogP contribution in [0.1, 0.15) is 19.3 Å². The zero-order valence-electron chi connectivity index (χ0n) is 34.0. The summed E-state index contributed by atoms with van der Waals surface area (Å²) in [6, 6.07) is 53.2. The van der Waals surface area contributed by atoms with Gasteiger partial charge in [-0.3, -0.25) is 0 Å². The zero-order valence-corrected chi connectivity index (χ0v) is 36.0. The second kappa shape index (κ2) is 18.1. The van der Waals surface area contributed by atoms with Crippen molar-refractivity contribution >= 4 is 46.4 Å². The average Bonchev–Trinajstić information content (AvgIpc) is 3.73. The predicted molar refractivity (Wildman–Crippen MR) is 243 cm³/mol. The summed E-state index contributed by atoms with van der Waals surface area (Å²) in [6.45, 7) is 0. The van der Waals surface area contributed by atoms with Crippen LogP contribution < -0.4 is 60.2 Å². The molecular weight excluding hydrogens is 746 g/mol. The van der Waals surface area contributed by atoms with Crippen LogP contribution in [-0.4, -0.2) is 55.0 Å². The van der Waals surface area contributed by atoms with E-state index in [-0.39, 0.29) is 0 Å². The molecule has 0 amide bonds. The van der Waals surface area contributed by atoms with Gasteiger partial charge in [-0.25, -0.2) is 0 Å². The van der Waals surface area contributed by atoms with Gasteiger partial charge in [-0.15, -0.1) is 0 Å². The van der Waals surface area contributed by atoms with Crippen LogP contribution >= 0.6 is 14.5 Å². The van der Waals surface area contributed by atoms with Gasteiger partial charge in [-0.1, -0.05) is 0 Å². The van der Waals surface area contributed by atoms with Gasteiger partial charge in [0.15, 0.2) is 0 Å². The Labute approximate surface area is 339 Å². The number of hydrogen-bond donors (Lipinski definition) is 0. The Morgan fingerprint density at radius 3 is 0.649 bits per heavy atom. The number of hydrogen-bond acceptors (Lipinski definition) is 6. The fourth-order valence-corrected chi connectivity index (χ4v) is 19.7. The van der Waals surface area contributed by atoms with Crippen LogP contribution in [0.5, 0.6) is 34.5 Å². The molecule has 1 aliphatic rings. The number of methoxy groups -OCH3 is 6. The fraction of sp³-hybridized carbons (Fsp3) is 0.265. The van der Waals surface area contributed by atoms with Crippen LogP contribution in [0, 0.1) is 11.8 Å². The van der Waals surface area contributed by atoms with Crippen molar-refractivity contribution in [3.8, 4) is 34.5 Å². The molecule has 6 nitrogen and oxygen atoms in total. The van der Waals surface area contributed by atoms with Crippen LogP contribution in [0.3, 0.4) is 0 Å². The predicted octanol–water partition coefficient (Wildman–Crippen LogP) is 7.91.